The molecule has 6 rings (SSSR count). The maximum absolute atomic E-state index is 15.8. The monoisotopic (exact) mass is 629 g/mol. The van der Waals surface area contributed by atoms with Gasteiger partial charge in [-0.1, -0.05) is 93.6 Å². The van der Waals surface area contributed by atoms with E-state index in [1.54, 1.807) is 6.07 Å². The van der Waals surface area contributed by atoms with E-state index < -0.39 is 32.9 Å². The van der Waals surface area contributed by atoms with E-state index in [0.29, 0.717) is 23.5 Å². The average molecular weight is 630 g/mol. The maximum atomic E-state index is 15.8. The lowest BCUT2D eigenvalue weighted by molar-refractivity contribution is -0.0428. The molecular weight excluding hydrogens is 592 g/mol. The lowest BCUT2D eigenvalue weighted by Crippen LogP contribution is -2.67. The molecule has 1 aliphatic rings. The van der Waals surface area contributed by atoms with Crippen LogP contribution < -0.4 is 15.3 Å². The Labute approximate surface area is 262 Å². The fraction of sp³-hybridized carbons (Fsp3) is 0.324. The molecule has 1 saturated heterocycles. The van der Waals surface area contributed by atoms with Crippen LogP contribution in [0.25, 0.3) is 11.2 Å². The number of aliphatic hydroxyl groups is 1. The first-order valence-electron chi connectivity index (χ1n) is 15.0. The summed E-state index contributed by atoms with van der Waals surface area (Å²) in [5.74, 6) is 0.181. The summed E-state index contributed by atoms with van der Waals surface area (Å²) in [5.41, 5.74) is 1.56. The van der Waals surface area contributed by atoms with Crippen molar-refractivity contribution in [3.63, 3.8) is 0 Å². The minimum absolute atomic E-state index is 0.00535. The van der Waals surface area contributed by atoms with Gasteiger partial charge in [0.1, 0.15) is 24.4 Å². The molecule has 11 heteroatoms. The van der Waals surface area contributed by atoms with Gasteiger partial charge in [0, 0.05) is 13.6 Å². The minimum Gasteiger partial charge on any atom is -0.405 e. The van der Waals surface area contributed by atoms with E-state index in [0.717, 1.165) is 15.9 Å². The number of aliphatic hydroxyl groups excluding tert-OH is 1. The van der Waals surface area contributed by atoms with Crippen molar-refractivity contribution < 1.29 is 23.1 Å². The Balaban J connectivity index is 1.27. The van der Waals surface area contributed by atoms with E-state index in [1.165, 1.54) is 29.4 Å². The molecule has 3 aromatic carbocycles. The van der Waals surface area contributed by atoms with Crippen LogP contribution in [0.2, 0.25) is 5.04 Å². The first-order valence-corrected chi connectivity index (χ1v) is 16.9. The zero-order valence-electron chi connectivity index (χ0n) is 25.7. The Hall–Kier alpha value is -4.03. The number of halogens is 2. The van der Waals surface area contributed by atoms with Gasteiger partial charge < -0.3 is 19.2 Å². The predicted molar refractivity (Wildman–Crippen MR) is 172 cm³/mol. The summed E-state index contributed by atoms with van der Waals surface area (Å²) in [4.78, 5) is 15.1. The average Bonchev–Trinajstić information content (AvgIpc) is 3.58. The highest BCUT2D eigenvalue weighted by molar-refractivity contribution is 6.99. The Morgan fingerprint density at radius 3 is 2.24 bits per heavy atom. The molecule has 0 radical (unpaired) electrons. The molecule has 234 valence electrons. The van der Waals surface area contributed by atoms with E-state index >= 15 is 4.39 Å². The zero-order valence-corrected chi connectivity index (χ0v) is 26.7. The van der Waals surface area contributed by atoms with Crippen molar-refractivity contribution in [1.82, 2.24) is 19.5 Å². The molecule has 0 saturated carbocycles. The molecule has 0 bridgehead atoms. The third-order valence-corrected chi connectivity index (χ3v) is 13.5. The number of anilines is 1. The first kappa shape index (κ1) is 31.0. The van der Waals surface area contributed by atoms with Crippen LogP contribution in [0, 0.1) is 5.82 Å². The number of benzene rings is 3. The fourth-order valence-corrected chi connectivity index (χ4v) is 10.9. The lowest BCUT2D eigenvalue weighted by atomic mass is 10.1. The van der Waals surface area contributed by atoms with Crippen molar-refractivity contribution in [1.29, 1.82) is 0 Å². The van der Waals surface area contributed by atoms with Gasteiger partial charge in [0.05, 0.1) is 12.9 Å². The summed E-state index contributed by atoms with van der Waals surface area (Å²) in [6.07, 6.45) is -2.45. The van der Waals surface area contributed by atoms with Gasteiger partial charge in [0.25, 0.3) is 8.32 Å². The number of hydrogen-bond acceptors (Lipinski definition) is 7. The summed E-state index contributed by atoms with van der Waals surface area (Å²) in [7, 11) is -1.12. The van der Waals surface area contributed by atoms with Crippen molar-refractivity contribution in [2.75, 3.05) is 18.6 Å². The van der Waals surface area contributed by atoms with E-state index in [4.69, 9.17) is 9.16 Å². The molecule has 4 atom stereocenters. The van der Waals surface area contributed by atoms with Crippen molar-refractivity contribution in [3.05, 3.63) is 109 Å². The van der Waals surface area contributed by atoms with Crippen molar-refractivity contribution in [2.24, 2.45) is 0 Å². The normalized spacial score (nSPS) is 20.5. The number of fused-ring (bicyclic) bond motifs is 1. The second kappa shape index (κ2) is 12.4. The van der Waals surface area contributed by atoms with Gasteiger partial charge in [-0.15, -0.1) is 0 Å². The maximum Gasteiger partial charge on any atom is 0.261 e. The molecule has 3 heterocycles. The van der Waals surface area contributed by atoms with Crippen LogP contribution in [-0.2, 0) is 15.7 Å². The van der Waals surface area contributed by atoms with Gasteiger partial charge in [0.15, 0.2) is 29.4 Å². The number of alkyl halides is 1. The van der Waals surface area contributed by atoms with E-state index in [-0.39, 0.29) is 17.5 Å². The second-order valence-electron chi connectivity index (χ2n) is 12.5. The van der Waals surface area contributed by atoms with Gasteiger partial charge in [0.2, 0.25) is 0 Å². The first-order chi connectivity index (χ1) is 21.6. The Morgan fingerprint density at radius 2 is 1.62 bits per heavy atom. The summed E-state index contributed by atoms with van der Waals surface area (Å²) < 4.78 is 44.3. The Bertz CT molecular complexity index is 1710. The minimum atomic E-state index is -2.94. The second-order valence-corrected chi connectivity index (χ2v) is 16.8. The molecule has 45 heavy (non-hydrogen) atoms. The van der Waals surface area contributed by atoms with Crippen LogP contribution in [0.4, 0.5) is 14.6 Å². The van der Waals surface area contributed by atoms with Crippen molar-refractivity contribution in [3.8, 4) is 0 Å². The topological polar surface area (TPSA) is 85.5 Å². The van der Waals surface area contributed by atoms with E-state index in [1.807, 2.05) is 54.4 Å². The number of rotatable bonds is 9. The molecule has 0 aliphatic carbocycles. The lowest BCUT2D eigenvalue weighted by Gasteiger charge is -2.43. The zero-order chi connectivity index (χ0) is 31.8. The molecule has 0 unspecified atom stereocenters. The van der Waals surface area contributed by atoms with Crippen molar-refractivity contribution in [2.45, 2.75) is 57.0 Å². The van der Waals surface area contributed by atoms with Crippen LogP contribution in [0.15, 0.2) is 97.6 Å². The highest BCUT2D eigenvalue weighted by Crippen LogP contribution is 2.39. The summed E-state index contributed by atoms with van der Waals surface area (Å²) in [5, 5.41) is 13.0. The van der Waals surface area contributed by atoms with Gasteiger partial charge in [-0.25, -0.2) is 23.7 Å². The number of imidazole rings is 1. The Kier molecular flexibility index (Phi) is 8.53. The van der Waals surface area contributed by atoms with E-state index in [9.17, 15) is 9.50 Å². The summed E-state index contributed by atoms with van der Waals surface area (Å²) >= 11 is 0. The van der Waals surface area contributed by atoms with Crippen LogP contribution >= 0.6 is 0 Å². The summed E-state index contributed by atoms with van der Waals surface area (Å²) in [6, 6.07) is 26.6. The van der Waals surface area contributed by atoms with E-state index in [2.05, 4.69) is 60.0 Å². The van der Waals surface area contributed by atoms with Gasteiger partial charge in [-0.05, 0) is 33.1 Å². The largest absolute Gasteiger partial charge is 0.405 e. The highest BCUT2D eigenvalue weighted by atomic mass is 28.4. The summed E-state index contributed by atoms with van der Waals surface area (Å²) in [6.45, 7) is 6.85. The standard InChI is InChI=1S/C34H37F2N5O3Si/c1-34(2,3)45(25-14-7-5-8-15-25,26-16-9-6-10-17-26)43-20-27-30(42)28(36)33(44-27)41-22-39-29-31(37-21-38-32(29)41)40(4)19-23-12-11-13-24(35)18-23/h5-18,21-22,27-28,30,33,42H,19-20H2,1-4H3/t27-,28-,30-,33-/m1/s1. The van der Waals surface area contributed by atoms with Crippen molar-refractivity contribution >= 4 is 35.7 Å². The molecule has 8 nitrogen and oxygen atoms in total. The van der Waals surface area contributed by atoms with Gasteiger partial charge in [-0.2, -0.15) is 0 Å². The quantitative estimate of drug-likeness (QED) is 0.235. The SMILES string of the molecule is CN(Cc1cccc(F)c1)c1ncnc2c1ncn2[C@@H]1O[C@H](CO[Si](c2ccccc2)(c2ccccc2)C(C)(C)C)[C@@H](O)[C@H]1F. The smallest absolute Gasteiger partial charge is 0.261 e. The molecule has 1 aliphatic heterocycles. The van der Waals surface area contributed by atoms with Gasteiger partial charge >= 0.3 is 0 Å². The number of nitrogens with zero attached hydrogens (tertiary/aromatic N) is 5. The third-order valence-electron chi connectivity index (χ3n) is 8.46. The molecule has 0 amide bonds. The molecule has 5 aromatic rings. The van der Waals surface area contributed by atoms with Crippen LogP contribution in [0.1, 0.15) is 32.6 Å². The molecule has 0 spiro atoms. The van der Waals surface area contributed by atoms with Crippen LogP contribution in [-0.4, -0.2) is 65.0 Å². The molecule has 1 fully saturated rings. The fourth-order valence-electron chi connectivity index (χ4n) is 6.32. The number of hydrogen-bond donors (Lipinski definition) is 1. The Morgan fingerprint density at radius 1 is 0.956 bits per heavy atom. The number of aromatic nitrogens is 4. The number of ether oxygens (including phenoxy) is 1. The van der Waals surface area contributed by atoms with Crippen LogP contribution in [0.3, 0.4) is 0 Å². The molecule has 2 aromatic heterocycles. The molecule has 1 N–H and O–H groups in total. The predicted octanol–water partition coefficient (Wildman–Crippen LogP) is 4.77. The highest BCUT2D eigenvalue weighted by Gasteiger charge is 2.52. The van der Waals surface area contributed by atoms with Gasteiger partial charge in [-0.3, -0.25) is 4.57 Å². The third kappa shape index (κ3) is 5.76. The van der Waals surface area contributed by atoms with Crippen LogP contribution in [0.5, 0.6) is 0 Å². The molecular formula is C34H37F2N5O3Si.